The second-order valence-corrected chi connectivity index (χ2v) is 5.58. The van der Waals surface area contributed by atoms with E-state index in [0.717, 1.165) is 6.54 Å². The second kappa shape index (κ2) is 2.88. The first-order valence-electron chi connectivity index (χ1n) is 4.97. The number of nitrogens with one attached hydrogen (secondary N) is 1. The maximum absolute atomic E-state index is 4.11. The molecule has 2 saturated heterocycles. The van der Waals surface area contributed by atoms with E-state index in [-0.39, 0.29) is 4.75 Å². The summed E-state index contributed by atoms with van der Waals surface area (Å²) in [5.74, 6) is 0. The van der Waals surface area contributed by atoms with Crippen LogP contribution in [0.1, 0.15) is 12.0 Å². The lowest BCUT2D eigenvalue weighted by atomic mass is 9.96. The van der Waals surface area contributed by atoms with Gasteiger partial charge >= 0.3 is 0 Å². The molecule has 2 unspecified atom stereocenters. The van der Waals surface area contributed by atoms with Crippen molar-refractivity contribution in [3.8, 4) is 0 Å². The molecule has 2 bridgehead atoms. The third-order valence-corrected chi connectivity index (χ3v) is 4.67. The van der Waals surface area contributed by atoms with Crippen molar-refractivity contribution in [1.29, 1.82) is 0 Å². The predicted molar refractivity (Wildman–Crippen MR) is 61.3 cm³/mol. The molecule has 2 aliphatic heterocycles. The first-order chi connectivity index (χ1) is 6.80. The molecule has 2 fully saturated rings. The van der Waals surface area contributed by atoms with Gasteiger partial charge in [-0.25, -0.2) is 0 Å². The molecule has 0 radical (unpaired) electrons. The average molecular weight is 203 g/mol. The Bertz CT molecular complexity index is 373. The smallest absolute Gasteiger partial charge is 0.0595 e. The zero-order valence-electron chi connectivity index (χ0n) is 7.99. The fourth-order valence-corrected chi connectivity index (χ4v) is 3.88. The van der Waals surface area contributed by atoms with Crippen LogP contribution in [0.4, 0.5) is 0 Å². The lowest BCUT2D eigenvalue weighted by Crippen LogP contribution is -2.30. The maximum Gasteiger partial charge on any atom is 0.0595 e. The molecule has 2 aliphatic rings. The van der Waals surface area contributed by atoms with Gasteiger partial charge in [-0.05, 0) is 16.9 Å². The SMILES string of the molecule is C=C1SC2(c3ccccc3)CNC1C2. The third-order valence-electron chi connectivity index (χ3n) is 3.18. The minimum Gasteiger partial charge on any atom is -0.308 e. The summed E-state index contributed by atoms with van der Waals surface area (Å²) in [6.45, 7) is 5.20. The molecule has 0 aliphatic carbocycles. The Morgan fingerprint density at radius 3 is 2.71 bits per heavy atom. The van der Waals surface area contributed by atoms with Crippen LogP contribution in [0.15, 0.2) is 41.8 Å². The van der Waals surface area contributed by atoms with E-state index in [1.807, 2.05) is 11.8 Å². The first kappa shape index (κ1) is 8.57. The third kappa shape index (κ3) is 1.07. The lowest BCUT2D eigenvalue weighted by Gasteiger charge is -2.26. The largest absolute Gasteiger partial charge is 0.308 e. The highest BCUT2D eigenvalue weighted by molar-refractivity contribution is 8.04. The Morgan fingerprint density at radius 2 is 2.14 bits per heavy atom. The van der Waals surface area contributed by atoms with E-state index in [1.165, 1.54) is 16.9 Å². The minimum atomic E-state index is 0.281. The van der Waals surface area contributed by atoms with Gasteiger partial charge in [-0.3, -0.25) is 0 Å². The Labute approximate surface area is 88.6 Å². The average Bonchev–Trinajstić information content (AvgIpc) is 2.77. The number of hydrogen-bond acceptors (Lipinski definition) is 2. The van der Waals surface area contributed by atoms with Gasteiger partial charge in [0.2, 0.25) is 0 Å². The molecule has 1 nitrogen and oxygen atoms in total. The molecule has 14 heavy (non-hydrogen) atoms. The number of rotatable bonds is 1. The minimum absolute atomic E-state index is 0.281. The summed E-state index contributed by atoms with van der Waals surface area (Å²) in [6.07, 6.45) is 1.21. The van der Waals surface area contributed by atoms with E-state index in [2.05, 4.69) is 42.2 Å². The van der Waals surface area contributed by atoms with Gasteiger partial charge in [-0.1, -0.05) is 36.9 Å². The number of thioether (sulfide) groups is 1. The van der Waals surface area contributed by atoms with Gasteiger partial charge in [0.15, 0.2) is 0 Å². The highest BCUT2D eigenvalue weighted by Crippen LogP contribution is 2.55. The van der Waals surface area contributed by atoms with Gasteiger partial charge in [-0.2, -0.15) is 0 Å². The van der Waals surface area contributed by atoms with Crippen molar-refractivity contribution in [3.05, 3.63) is 47.4 Å². The molecule has 0 aromatic heterocycles. The molecular formula is C12H13NS. The van der Waals surface area contributed by atoms with Gasteiger partial charge < -0.3 is 5.32 Å². The van der Waals surface area contributed by atoms with E-state index in [9.17, 15) is 0 Å². The monoisotopic (exact) mass is 203 g/mol. The number of benzene rings is 1. The van der Waals surface area contributed by atoms with Crippen LogP contribution in [0.25, 0.3) is 0 Å². The van der Waals surface area contributed by atoms with E-state index in [1.54, 1.807) is 0 Å². The standard InChI is InChI=1S/C12H13NS/c1-9-11-7-12(14-9,8-13-11)10-5-3-2-4-6-10/h2-6,11,13H,1,7-8H2. The van der Waals surface area contributed by atoms with Crippen LogP contribution in [-0.4, -0.2) is 12.6 Å². The van der Waals surface area contributed by atoms with Crippen molar-refractivity contribution < 1.29 is 0 Å². The molecule has 72 valence electrons. The molecule has 1 aromatic carbocycles. The zero-order valence-corrected chi connectivity index (χ0v) is 8.81. The molecule has 2 heterocycles. The van der Waals surface area contributed by atoms with Gasteiger partial charge in [0, 0.05) is 12.6 Å². The van der Waals surface area contributed by atoms with Crippen molar-refractivity contribution in [2.75, 3.05) is 6.54 Å². The van der Waals surface area contributed by atoms with Crippen LogP contribution >= 0.6 is 11.8 Å². The molecule has 2 heteroatoms. The molecular weight excluding hydrogens is 190 g/mol. The first-order valence-corrected chi connectivity index (χ1v) is 5.79. The summed E-state index contributed by atoms with van der Waals surface area (Å²) < 4.78 is 0.281. The summed E-state index contributed by atoms with van der Waals surface area (Å²) >= 11 is 1.96. The molecule has 1 N–H and O–H groups in total. The summed E-state index contributed by atoms with van der Waals surface area (Å²) in [5, 5.41) is 3.52. The van der Waals surface area contributed by atoms with Gasteiger partial charge in [0.05, 0.1) is 4.75 Å². The van der Waals surface area contributed by atoms with E-state index >= 15 is 0 Å². The quantitative estimate of drug-likeness (QED) is 0.752. The summed E-state index contributed by atoms with van der Waals surface area (Å²) in [4.78, 5) is 1.31. The normalized spacial score (nSPS) is 35.1. The summed E-state index contributed by atoms with van der Waals surface area (Å²) in [7, 11) is 0. The topological polar surface area (TPSA) is 12.0 Å². The lowest BCUT2D eigenvalue weighted by molar-refractivity contribution is 0.698. The van der Waals surface area contributed by atoms with Gasteiger partial charge in [0.25, 0.3) is 0 Å². The van der Waals surface area contributed by atoms with Crippen molar-refractivity contribution >= 4 is 11.8 Å². The highest BCUT2D eigenvalue weighted by Gasteiger charge is 2.48. The van der Waals surface area contributed by atoms with Crippen molar-refractivity contribution in [2.45, 2.75) is 17.2 Å². The van der Waals surface area contributed by atoms with E-state index in [4.69, 9.17) is 0 Å². The van der Waals surface area contributed by atoms with Gasteiger partial charge in [-0.15, -0.1) is 11.8 Å². The Morgan fingerprint density at radius 1 is 1.36 bits per heavy atom. The Kier molecular flexibility index (Phi) is 1.76. The van der Waals surface area contributed by atoms with Crippen LogP contribution in [0.5, 0.6) is 0 Å². The molecule has 0 saturated carbocycles. The Balaban J connectivity index is 2.03. The Hall–Kier alpha value is -0.730. The van der Waals surface area contributed by atoms with E-state index in [0.29, 0.717) is 6.04 Å². The number of fused-ring (bicyclic) bond motifs is 2. The fraction of sp³-hybridized carbons (Fsp3) is 0.333. The van der Waals surface area contributed by atoms with Gasteiger partial charge in [0.1, 0.15) is 0 Å². The molecule has 1 aromatic rings. The van der Waals surface area contributed by atoms with Crippen molar-refractivity contribution in [2.24, 2.45) is 0 Å². The highest BCUT2D eigenvalue weighted by atomic mass is 32.2. The fourth-order valence-electron chi connectivity index (χ4n) is 2.41. The van der Waals surface area contributed by atoms with Crippen LogP contribution in [0.3, 0.4) is 0 Å². The van der Waals surface area contributed by atoms with Crippen LogP contribution in [0.2, 0.25) is 0 Å². The summed E-state index contributed by atoms with van der Waals surface area (Å²) in [5.41, 5.74) is 1.44. The van der Waals surface area contributed by atoms with Crippen molar-refractivity contribution in [1.82, 2.24) is 5.32 Å². The molecule has 0 amide bonds. The molecule has 3 rings (SSSR count). The van der Waals surface area contributed by atoms with Crippen LogP contribution in [-0.2, 0) is 4.75 Å². The number of hydrogen-bond donors (Lipinski definition) is 1. The van der Waals surface area contributed by atoms with Crippen LogP contribution in [0, 0.1) is 0 Å². The zero-order chi connectivity index (χ0) is 9.60. The molecule has 2 atom stereocenters. The second-order valence-electron chi connectivity index (χ2n) is 4.07. The van der Waals surface area contributed by atoms with Crippen LogP contribution < -0.4 is 5.32 Å². The van der Waals surface area contributed by atoms with E-state index < -0.39 is 0 Å². The van der Waals surface area contributed by atoms with Crippen molar-refractivity contribution in [3.63, 3.8) is 0 Å². The predicted octanol–water partition coefficient (Wildman–Crippen LogP) is 2.50. The molecule has 0 spiro atoms. The summed E-state index contributed by atoms with van der Waals surface area (Å²) in [6, 6.07) is 11.3. The maximum atomic E-state index is 4.11.